The van der Waals surface area contributed by atoms with Crippen LogP contribution in [0.1, 0.15) is 10.4 Å². The molecule has 0 saturated heterocycles. The minimum absolute atomic E-state index is 0.233. The number of hydrogen-bond acceptors (Lipinski definition) is 4. The number of aromatic nitrogens is 2. The van der Waals surface area contributed by atoms with Crippen molar-refractivity contribution in [3.05, 3.63) is 34.0 Å². The van der Waals surface area contributed by atoms with Crippen molar-refractivity contribution in [2.75, 3.05) is 0 Å². The first-order chi connectivity index (χ1) is 7.11. The average Bonchev–Trinajstić information content (AvgIpc) is 2.62. The van der Waals surface area contributed by atoms with E-state index in [9.17, 15) is 14.9 Å². The number of nitrogens with one attached hydrogen (secondary N) is 1. The molecule has 7 nitrogen and oxygen atoms in total. The molecule has 15 heavy (non-hydrogen) atoms. The number of nitro benzene ring substituents is 1. The van der Waals surface area contributed by atoms with E-state index < -0.39 is 16.6 Å². The maximum absolute atomic E-state index is 10.9. The number of fused-ring (bicyclic) bond motifs is 1. The van der Waals surface area contributed by atoms with E-state index in [2.05, 4.69) is 10.2 Å². The molecule has 2 rings (SSSR count). The summed E-state index contributed by atoms with van der Waals surface area (Å²) in [4.78, 5) is 20.8. The molecule has 2 aromatic rings. The van der Waals surface area contributed by atoms with Gasteiger partial charge < -0.3 is 5.11 Å². The van der Waals surface area contributed by atoms with Crippen LogP contribution >= 0.6 is 0 Å². The van der Waals surface area contributed by atoms with E-state index in [0.717, 1.165) is 6.07 Å². The summed E-state index contributed by atoms with van der Waals surface area (Å²) in [5, 5.41) is 25.9. The highest BCUT2D eigenvalue weighted by Gasteiger charge is 2.23. The summed E-state index contributed by atoms with van der Waals surface area (Å²) in [7, 11) is 0. The minimum Gasteiger partial charge on any atom is -0.477 e. The van der Waals surface area contributed by atoms with Gasteiger partial charge in [-0.1, -0.05) is 0 Å². The van der Waals surface area contributed by atoms with Gasteiger partial charge in [0, 0.05) is 11.5 Å². The lowest BCUT2D eigenvalue weighted by Crippen LogP contribution is -2.02. The quantitative estimate of drug-likeness (QED) is 0.567. The van der Waals surface area contributed by atoms with E-state index in [1.807, 2.05) is 0 Å². The van der Waals surface area contributed by atoms with Crippen LogP contribution in [0.15, 0.2) is 18.3 Å². The fourth-order valence-corrected chi connectivity index (χ4v) is 1.38. The van der Waals surface area contributed by atoms with Crippen molar-refractivity contribution >= 4 is 22.6 Å². The van der Waals surface area contributed by atoms with E-state index in [-0.39, 0.29) is 10.9 Å². The van der Waals surface area contributed by atoms with E-state index in [1.165, 1.54) is 12.3 Å². The van der Waals surface area contributed by atoms with Crippen molar-refractivity contribution in [2.45, 2.75) is 0 Å². The van der Waals surface area contributed by atoms with Gasteiger partial charge in [0.15, 0.2) is 0 Å². The number of carbonyl (C=O) groups is 1. The third-order valence-electron chi connectivity index (χ3n) is 2.01. The van der Waals surface area contributed by atoms with Gasteiger partial charge in [-0.3, -0.25) is 15.2 Å². The van der Waals surface area contributed by atoms with Crippen LogP contribution in [0.4, 0.5) is 5.69 Å². The van der Waals surface area contributed by atoms with Gasteiger partial charge in [-0.15, -0.1) is 0 Å². The summed E-state index contributed by atoms with van der Waals surface area (Å²) >= 11 is 0. The zero-order chi connectivity index (χ0) is 11.0. The molecule has 0 unspecified atom stereocenters. The molecule has 0 aliphatic carbocycles. The highest BCUT2D eigenvalue weighted by Crippen LogP contribution is 2.26. The molecule has 76 valence electrons. The number of rotatable bonds is 2. The van der Waals surface area contributed by atoms with Crippen molar-refractivity contribution in [3.8, 4) is 0 Å². The SMILES string of the molecule is O=C(O)c1c([N+](=O)[O-])ccc2[nH]ncc12. The molecule has 0 aliphatic rings. The van der Waals surface area contributed by atoms with Crippen molar-refractivity contribution in [1.29, 1.82) is 0 Å². The van der Waals surface area contributed by atoms with Crippen LogP contribution in [-0.4, -0.2) is 26.2 Å². The lowest BCUT2D eigenvalue weighted by Gasteiger charge is -1.98. The predicted octanol–water partition coefficient (Wildman–Crippen LogP) is 1.17. The molecular formula is C8H5N3O4. The largest absolute Gasteiger partial charge is 0.477 e. The first-order valence-electron chi connectivity index (χ1n) is 3.95. The number of carboxylic acids is 1. The van der Waals surface area contributed by atoms with Gasteiger partial charge in [0.2, 0.25) is 0 Å². The number of benzene rings is 1. The number of aromatic amines is 1. The molecule has 2 N–H and O–H groups in total. The molecule has 0 bridgehead atoms. The minimum atomic E-state index is -1.34. The summed E-state index contributed by atoms with van der Waals surface area (Å²) in [6.45, 7) is 0. The van der Waals surface area contributed by atoms with Gasteiger partial charge in [-0.2, -0.15) is 5.10 Å². The Morgan fingerprint density at radius 3 is 2.87 bits per heavy atom. The Labute approximate surface area is 82.5 Å². The summed E-state index contributed by atoms with van der Waals surface area (Å²) < 4.78 is 0. The zero-order valence-corrected chi connectivity index (χ0v) is 7.30. The summed E-state index contributed by atoms with van der Waals surface area (Å²) in [5.41, 5.74) is -0.319. The van der Waals surface area contributed by atoms with E-state index in [1.54, 1.807) is 0 Å². The molecular weight excluding hydrogens is 202 g/mol. The molecule has 0 saturated carbocycles. The number of nitro groups is 1. The molecule has 1 aromatic heterocycles. The molecule has 1 aromatic carbocycles. The normalized spacial score (nSPS) is 10.4. The highest BCUT2D eigenvalue weighted by atomic mass is 16.6. The number of carboxylic acid groups (broad SMARTS) is 1. The Bertz CT molecular complexity index is 560. The third kappa shape index (κ3) is 1.30. The van der Waals surface area contributed by atoms with Crippen molar-refractivity contribution in [2.24, 2.45) is 0 Å². The van der Waals surface area contributed by atoms with Crippen molar-refractivity contribution < 1.29 is 14.8 Å². The van der Waals surface area contributed by atoms with Gasteiger partial charge >= 0.3 is 5.97 Å². The molecule has 0 fully saturated rings. The second-order valence-corrected chi connectivity index (χ2v) is 2.85. The summed E-state index contributed by atoms with van der Waals surface area (Å²) in [6, 6.07) is 2.57. The Morgan fingerprint density at radius 2 is 2.27 bits per heavy atom. The molecule has 0 aliphatic heterocycles. The first kappa shape index (κ1) is 9.13. The standard InChI is InChI=1S/C8H5N3O4/c12-8(13)7-4-3-9-10-5(4)1-2-6(7)11(14)15/h1-3H,(H,9,10)(H,12,13). The average molecular weight is 207 g/mol. The number of nitrogens with zero attached hydrogens (tertiary/aromatic N) is 2. The van der Waals surface area contributed by atoms with E-state index in [4.69, 9.17) is 5.11 Å². The predicted molar refractivity (Wildman–Crippen MR) is 49.7 cm³/mol. The smallest absolute Gasteiger partial charge is 0.343 e. The van der Waals surface area contributed by atoms with Gasteiger partial charge in [0.05, 0.1) is 16.6 Å². The first-order valence-corrected chi connectivity index (χ1v) is 3.95. The fourth-order valence-electron chi connectivity index (χ4n) is 1.38. The topological polar surface area (TPSA) is 109 Å². The van der Waals surface area contributed by atoms with Gasteiger partial charge in [0.25, 0.3) is 5.69 Å². The Morgan fingerprint density at radius 1 is 1.53 bits per heavy atom. The highest BCUT2D eigenvalue weighted by molar-refractivity contribution is 6.06. The molecule has 0 radical (unpaired) electrons. The molecule has 7 heteroatoms. The summed E-state index contributed by atoms with van der Waals surface area (Å²) in [6.07, 6.45) is 1.26. The van der Waals surface area contributed by atoms with Crippen LogP contribution in [0, 0.1) is 10.1 Å². The van der Waals surface area contributed by atoms with Crippen LogP contribution in [0.5, 0.6) is 0 Å². The maximum Gasteiger partial charge on any atom is 0.343 e. The van der Waals surface area contributed by atoms with Crippen LogP contribution in [-0.2, 0) is 0 Å². The lowest BCUT2D eigenvalue weighted by atomic mass is 10.1. The maximum atomic E-state index is 10.9. The molecule has 1 heterocycles. The Kier molecular flexibility index (Phi) is 1.86. The zero-order valence-electron chi connectivity index (χ0n) is 7.30. The third-order valence-corrected chi connectivity index (χ3v) is 2.01. The fraction of sp³-hybridized carbons (Fsp3) is 0. The molecule has 0 spiro atoms. The van der Waals surface area contributed by atoms with Gasteiger partial charge in [-0.05, 0) is 6.07 Å². The van der Waals surface area contributed by atoms with Crippen molar-refractivity contribution in [1.82, 2.24) is 10.2 Å². The van der Waals surface area contributed by atoms with Crippen LogP contribution in [0.2, 0.25) is 0 Å². The van der Waals surface area contributed by atoms with Gasteiger partial charge in [-0.25, -0.2) is 4.79 Å². The van der Waals surface area contributed by atoms with Crippen molar-refractivity contribution in [3.63, 3.8) is 0 Å². The van der Waals surface area contributed by atoms with E-state index >= 15 is 0 Å². The number of aromatic carboxylic acids is 1. The van der Waals surface area contributed by atoms with E-state index in [0.29, 0.717) is 5.52 Å². The monoisotopic (exact) mass is 207 g/mol. The van der Waals surface area contributed by atoms with Crippen LogP contribution in [0.3, 0.4) is 0 Å². The summed E-state index contributed by atoms with van der Waals surface area (Å²) in [5.74, 6) is -1.34. The number of H-pyrrole nitrogens is 1. The Hall–Kier alpha value is -2.44. The van der Waals surface area contributed by atoms with Crippen LogP contribution < -0.4 is 0 Å². The molecule has 0 amide bonds. The van der Waals surface area contributed by atoms with Gasteiger partial charge in [0.1, 0.15) is 5.56 Å². The Balaban J connectivity index is 2.87. The van der Waals surface area contributed by atoms with Crippen LogP contribution in [0.25, 0.3) is 10.9 Å². The second-order valence-electron chi connectivity index (χ2n) is 2.85. The second kappa shape index (κ2) is 3.05. The molecule has 0 atom stereocenters. The lowest BCUT2D eigenvalue weighted by molar-refractivity contribution is -0.385. The number of hydrogen-bond donors (Lipinski definition) is 2.